The zero-order chi connectivity index (χ0) is 32.8. The fourth-order valence-electron chi connectivity index (χ4n) is 5.67. The van der Waals surface area contributed by atoms with Gasteiger partial charge in [0.15, 0.2) is 0 Å². The molecule has 0 heterocycles. The molecule has 4 rings (SSSR count). The lowest BCUT2D eigenvalue weighted by atomic mass is 9.80. The van der Waals surface area contributed by atoms with Gasteiger partial charge in [0, 0.05) is 24.2 Å². The molecule has 0 spiro atoms. The second kappa shape index (κ2) is 12.0. The summed E-state index contributed by atoms with van der Waals surface area (Å²) in [5, 5.41) is 26.4. The molecule has 0 unspecified atom stereocenters. The first-order valence-electron chi connectivity index (χ1n) is 15.9. The molecule has 0 aliphatic rings. The van der Waals surface area contributed by atoms with Crippen LogP contribution in [0.15, 0.2) is 60.7 Å². The number of phenols is 2. The highest BCUT2D eigenvalue weighted by Crippen LogP contribution is 2.40. The summed E-state index contributed by atoms with van der Waals surface area (Å²) in [6.45, 7) is 26.1. The first-order chi connectivity index (χ1) is 20.2. The van der Waals surface area contributed by atoms with Crippen LogP contribution >= 0.6 is 0 Å². The van der Waals surface area contributed by atoms with Crippen molar-refractivity contribution < 1.29 is 10.2 Å². The van der Waals surface area contributed by atoms with Crippen LogP contribution in [0.5, 0.6) is 11.5 Å². The Bertz CT molecular complexity index is 1560. The number of benzene rings is 4. The molecule has 0 fully saturated rings. The monoisotopic (exact) mass is 591 g/mol. The second-order valence-corrected chi connectivity index (χ2v) is 15.9. The summed E-state index contributed by atoms with van der Waals surface area (Å²) in [5.74, 6) is 0.710. The van der Waals surface area contributed by atoms with Crippen molar-refractivity contribution in [2.75, 3.05) is 5.32 Å². The van der Waals surface area contributed by atoms with Crippen molar-refractivity contribution in [2.45, 2.75) is 112 Å². The van der Waals surface area contributed by atoms with Crippen LogP contribution in [0.2, 0.25) is 0 Å². The SMILES string of the molecule is Cc1ccc(Nc2c(Cc3cc(C(C)(C)C)cc(C)c3O)cc(C(C)(C)C)cc2Cc2cc(C(C)(C)C)cc(C)c2O)cc1. The van der Waals surface area contributed by atoms with Crippen LogP contribution in [0.3, 0.4) is 0 Å². The van der Waals surface area contributed by atoms with Crippen molar-refractivity contribution in [1.82, 2.24) is 0 Å². The zero-order valence-electron chi connectivity index (χ0n) is 29.1. The lowest BCUT2D eigenvalue weighted by Crippen LogP contribution is -2.15. The van der Waals surface area contributed by atoms with Gasteiger partial charge in [-0.1, -0.05) is 116 Å². The third-order valence-electron chi connectivity index (χ3n) is 8.74. The molecular formula is C41H53NO2. The Labute approximate surface area is 266 Å². The summed E-state index contributed by atoms with van der Waals surface area (Å²) in [4.78, 5) is 0. The molecule has 0 amide bonds. The van der Waals surface area contributed by atoms with Gasteiger partial charge in [-0.15, -0.1) is 0 Å². The number of hydrogen-bond acceptors (Lipinski definition) is 3. The molecule has 4 aromatic carbocycles. The van der Waals surface area contributed by atoms with Crippen molar-refractivity contribution in [3.05, 3.63) is 116 Å². The van der Waals surface area contributed by atoms with E-state index in [9.17, 15) is 10.2 Å². The Balaban J connectivity index is 1.98. The van der Waals surface area contributed by atoms with Gasteiger partial charge in [-0.05, 0) is 99.2 Å². The van der Waals surface area contributed by atoms with Gasteiger partial charge in [0.2, 0.25) is 0 Å². The zero-order valence-corrected chi connectivity index (χ0v) is 29.1. The number of aryl methyl sites for hydroxylation is 3. The van der Waals surface area contributed by atoms with Crippen LogP contribution in [0, 0.1) is 20.8 Å². The van der Waals surface area contributed by atoms with E-state index in [1.807, 2.05) is 13.8 Å². The minimum absolute atomic E-state index is 0.0396. The van der Waals surface area contributed by atoms with E-state index in [0.717, 1.165) is 44.8 Å². The van der Waals surface area contributed by atoms with E-state index in [1.165, 1.54) is 22.3 Å². The molecule has 3 heteroatoms. The standard InChI is InChI=1S/C41H53NO2/c1-25-13-15-35(16-14-25)42-36-28(19-30-23-32(39(4,5)6)17-26(2)37(30)43)21-34(41(10,11)12)22-29(36)20-31-24-33(40(7,8)9)18-27(3)38(31)44/h13-18,21-24,42-44H,19-20H2,1-12H3. The lowest BCUT2D eigenvalue weighted by molar-refractivity contribution is 0.463. The van der Waals surface area contributed by atoms with Crippen molar-refractivity contribution >= 4 is 11.4 Å². The number of phenolic OH excluding ortho intramolecular Hbond substituents is 2. The van der Waals surface area contributed by atoms with Crippen LogP contribution in [0.25, 0.3) is 0 Å². The summed E-state index contributed by atoms with van der Waals surface area (Å²) in [6.07, 6.45) is 1.16. The van der Waals surface area contributed by atoms with Gasteiger partial charge in [0.1, 0.15) is 11.5 Å². The van der Waals surface area contributed by atoms with E-state index in [1.54, 1.807) is 0 Å². The first kappa shape index (κ1) is 33.2. The molecule has 0 atom stereocenters. The number of nitrogens with one attached hydrogen (secondary N) is 1. The average molecular weight is 592 g/mol. The smallest absolute Gasteiger partial charge is 0.122 e. The van der Waals surface area contributed by atoms with Crippen molar-refractivity contribution in [3.8, 4) is 11.5 Å². The maximum Gasteiger partial charge on any atom is 0.122 e. The molecule has 3 N–H and O–H groups in total. The minimum Gasteiger partial charge on any atom is -0.507 e. The third kappa shape index (κ3) is 7.49. The first-order valence-corrected chi connectivity index (χ1v) is 15.9. The molecule has 3 nitrogen and oxygen atoms in total. The predicted molar refractivity (Wildman–Crippen MR) is 188 cm³/mol. The fourth-order valence-corrected chi connectivity index (χ4v) is 5.67. The highest BCUT2D eigenvalue weighted by atomic mass is 16.3. The second-order valence-electron chi connectivity index (χ2n) is 15.9. The van der Waals surface area contributed by atoms with E-state index < -0.39 is 0 Å². The Morgan fingerprint density at radius 1 is 0.500 bits per heavy atom. The van der Waals surface area contributed by atoms with E-state index >= 15 is 0 Å². The number of aromatic hydroxyl groups is 2. The predicted octanol–water partition coefficient (Wildman–Crippen LogP) is 10.8. The van der Waals surface area contributed by atoms with E-state index in [-0.39, 0.29) is 16.2 Å². The summed E-state index contributed by atoms with van der Waals surface area (Å²) >= 11 is 0. The maximum atomic E-state index is 11.3. The van der Waals surface area contributed by atoms with Crippen LogP contribution in [-0.2, 0) is 29.1 Å². The van der Waals surface area contributed by atoms with Crippen LogP contribution in [0.1, 0.15) is 118 Å². The molecule has 0 saturated heterocycles. The van der Waals surface area contributed by atoms with Gasteiger partial charge < -0.3 is 15.5 Å². The van der Waals surface area contributed by atoms with Gasteiger partial charge in [0.05, 0.1) is 0 Å². The quantitative estimate of drug-likeness (QED) is 0.209. The molecule has 0 aromatic heterocycles. The summed E-state index contributed by atoms with van der Waals surface area (Å²) in [7, 11) is 0. The molecule has 0 saturated carbocycles. The number of rotatable bonds is 6. The lowest BCUT2D eigenvalue weighted by Gasteiger charge is -2.27. The molecule has 44 heavy (non-hydrogen) atoms. The molecule has 0 aliphatic heterocycles. The highest BCUT2D eigenvalue weighted by molar-refractivity contribution is 5.70. The van der Waals surface area contributed by atoms with Crippen LogP contribution in [0.4, 0.5) is 11.4 Å². The van der Waals surface area contributed by atoms with Crippen LogP contribution < -0.4 is 5.32 Å². The molecule has 0 radical (unpaired) electrons. The van der Waals surface area contributed by atoms with Crippen molar-refractivity contribution in [2.24, 2.45) is 0 Å². The highest BCUT2D eigenvalue weighted by Gasteiger charge is 2.24. The third-order valence-corrected chi connectivity index (χ3v) is 8.74. The minimum atomic E-state index is -0.0949. The summed E-state index contributed by atoms with van der Waals surface area (Å²) in [6, 6.07) is 21.6. The van der Waals surface area contributed by atoms with Gasteiger partial charge in [-0.25, -0.2) is 0 Å². The van der Waals surface area contributed by atoms with Gasteiger partial charge >= 0.3 is 0 Å². The number of anilines is 2. The fraction of sp³-hybridized carbons (Fsp3) is 0.415. The van der Waals surface area contributed by atoms with E-state index in [0.29, 0.717) is 24.3 Å². The normalized spacial score (nSPS) is 12.5. The molecule has 234 valence electrons. The van der Waals surface area contributed by atoms with Gasteiger partial charge in [-0.3, -0.25) is 0 Å². The molecular weight excluding hydrogens is 538 g/mol. The Morgan fingerprint density at radius 2 is 0.841 bits per heavy atom. The molecule has 0 bridgehead atoms. The average Bonchev–Trinajstić information content (AvgIpc) is 2.90. The van der Waals surface area contributed by atoms with Gasteiger partial charge in [0.25, 0.3) is 0 Å². The van der Waals surface area contributed by atoms with E-state index in [2.05, 4.69) is 135 Å². The molecule has 0 aliphatic carbocycles. The number of hydrogen-bond donors (Lipinski definition) is 3. The van der Waals surface area contributed by atoms with Crippen molar-refractivity contribution in [3.63, 3.8) is 0 Å². The topological polar surface area (TPSA) is 52.5 Å². The van der Waals surface area contributed by atoms with E-state index in [4.69, 9.17) is 0 Å². The Morgan fingerprint density at radius 3 is 1.20 bits per heavy atom. The summed E-state index contributed by atoms with van der Waals surface area (Å²) < 4.78 is 0. The molecule has 4 aromatic rings. The van der Waals surface area contributed by atoms with Crippen molar-refractivity contribution in [1.29, 1.82) is 0 Å². The Hall–Kier alpha value is -3.72. The maximum absolute atomic E-state index is 11.3. The largest absolute Gasteiger partial charge is 0.507 e. The van der Waals surface area contributed by atoms with Crippen LogP contribution in [-0.4, -0.2) is 10.2 Å². The summed E-state index contributed by atoms with van der Waals surface area (Å²) in [5.41, 5.74) is 12.6. The Kier molecular flexibility index (Phi) is 9.04. The van der Waals surface area contributed by atoms with Gasteiger partial charge in [-0.2, -0.15) is 0 Å².